The summed E-state index contributed by atoms with van der Waals surface area (Å²) in [5, 5.41) is 1.97. The van der Waals surface area contributed by atoms with Crippen LogP contribution in [0.25, 0.3) is 16.3 Å². The summed E-state index contributed by atoms with van der Waals surface area (Å²) >= 11 is 1.52. The number of aryl methyl sites for hydroxylation is 1. The first kappa shape index (κ1) is 10.3. The van der Waals surface area contributed by atoms with Gasteiger partial charge in [-0.25, -0.2) is 9.78 Å². The molecule has 7 heteroatoms. The van der Waals surface area contributed by atoms with E-state index in [1.165, 1.54) is 11.3 Å². The fourth-order valence-corrected chi connectivity index (χ4v) is 2.72. The van der Waals surface area contributed by atoms with Gasteiger partial charge in [-0.05, 0) is 6.92 Å². The Morgan fingerprint density at radius 2 is 2.35 bits per heavy atom. The van der Waals surface area contributed by atoms with Crippen LogP contribution in [0.4, 0.5) is 0 Å². The van der Waals surface area contributed by atoms with E-state index in [2.05, 4.69) is 15.0 Å². The molecule has 3 heterocycles. The van der Waals surface area contributed by atoms with Gasteiger partial charge in [-0.3, -0.25) is 4.40 Å². The SMILES string of the molecule is Cc1[nH]c(=O)[nH]c1-c1csc2nc(CN)cn12. The molecule has 0 aliphatic carbocycles. The van der Waals surface area contributed by atoms with Crippen LogP contribution in [-0.2, 0) is 6.54 Å². The molecule has 3 rings (SSSR count). The van der Waals surface area contributed by atoms with Crippen LogP contribution >= 0.6 is 11.3 Å². The summed E-state index contributed by atoms with van der Waals surface area (Å²) < 4.78 is 1.94. The molecule has 0 saturated heterocycles. The molecule has 3 aromatic heterocycles. The second-order valence-electron chi connectivity index (χ2n) is 3.79. The molecule has 0 fully saturated rings. The normalized spacial score (nSPS) is 11.4. The maximum absolute atomic E-state index is 11.3. The Bertz CT molecular complexity index is 731. The molecule has 6 nitrogen and oxygen atoms in total. The zero-order chi connectivity index (χ0) is 12.0. The van der Waals surface area contributed by atoms with Crippen LogP contribution in [0.15, 0.2) is 16.4 Å². The predicted octanol–water partition coefficient (Wildman–Crippen LogP) is 0.846. The Hall–Kier alpha value is -1.86. The summed E-state index contributed by atoms with van der Waals surface area (Å²) in [5.74, 6) is 0. The maximum atomic E-state index is 11.3. The summed E-state index contributed by atoms with van der Waals surface area (Å²) in [6.45, 7) is 2.27. The average Bonchev–Trinajstić information content (AvgIpc) is 2.91. The molecule has 0 amide bonds. The summed E-state index contributed by atoms with van der Waals surface area (Å²) in [6.07, 6.45) is 1.89. The number of rotatable bonds is 2. The third-order valence-electron chi connectivity index (χ3n) is 2.64. The van der Waals surface area contributed by atoms with Gasteiger partial charge in [0, 0.05) is 23.8 Å². The van der Waals surface area contributed by atoms with Crippen LogP contribution in [0.5, 0.6) is 0 Å². The minimum absolute atomic E-state index is 0.198. The fraction of sp³-hybridized carbons (Fsp3) is 0.200. The van der Waals surface area contributed by atoms with Crippen molar-refractivity contribution in [3.8, 4) is 11.4 Å². The first-order valence-corrected chi connectivity index (χ1v) is 6.02. The number of hydrogen-bond acceptors (Lipinski definition) is 4. The van der Waals surface area contributed by atoms with Crippen molar-refractivity contribution in [3.63, 3.8) is 0 Å². The average molecular weight is 249 g/mol. The Kier molecular flexibility index (Phi) is 2.17. The van der Waals surface area contributed by atoms with Gasteiger partial charge in [0.15, 0.2) is 4.96 Å². The van der Waals surface area contributed by atoms with Crippen molar-refractivity contribution in [2.45, 2.75) is 13.5 Å². The second-order valence-corrected chi connectivity index (χ2v) is 4.63. The molecule has 88 valence electrons. The standard InChI is InChI=1S/C10H11N5OS/c1-5-8(14-9(16)12-5)7-4-17-10-13-6(2-11)3-15(7)10/h3-4H,2,11H2,1H3,(H2,12,14,16). The van der Waals surface area contributed by atoms with E-state index >= 15 is 0 Å². The van der Waals surface area contributed by atoms with E-state index in [1.54, 1.807) is 0 Å². The molecule has 0 aliphatic rings. The van der Waals surface area contributed by atoms with Gasteiger partial charge in [-0.2, -0.15) is 0 Å². The van der Waals surface area contributed by atoms with E-state index in [9.17, 15) is 4.79 Å². The molecule has 0 spiro atoms. The smallest absolute Gasteiger partial charge is 0.323 e. The molecule has 0 radical (unpaired) electrons. The highest BCUT2D eigenvalue weighted by Crippen LogP contribution is 2.25. The molecule has 0 saturated carbocycles. The van der Waals surface area contributed by atoms with E-state index in [0.717, 1.165) is 27.7 Å². The zero-order valence-corrected chi connectivity index (χ0v) is 9.97. The number of nitrogens with two attached hydrogens (primary N) is 1. The van der Waals surface area contributed by atoms with Crippen LogP contribution in [0, 0.1) is 6.92 Å². The number of hydrogen-bond donors (Lipinski definition) is 3. The lowest BCUT2D eigenvalue weighted by Gasteiger charge is -1.96. The number of fused-ring (bicyclic) bond motifs is 1. The van der Waals surface area contributed by atoms with Crippen molar-refractivity contribution in [2.75, 3.05) is 0 Å². The largest absolute Gasteiger partial charge is 0.325 e. The first-order valence-electron chi connectivity index (χ1n) is 5.14. The van der Waals surface area contributed by atoms with Gasteiger partial charge in [0.25, 0.3) is 0 Å². The fourth-order valence-electron chi connectivity index (χ4n) is 1.84. The predicted molar refractivity (Wildman–Crippen MR) is 66.1 cm³/mol. The van der Waals surface area contributed by atoms with Gasteiger partial charge in [0.05, 0.1) is 17.1 Å². The highest BCUT2D eigenvalue weighted by atomic mass is 32.1. The molecule has 4 N–H and O–H groups in total. The molecular formula is C10H11N5OS. The van der Waals surface area contributed by atoms with Crippen LogP contribution < -0.4 is 11.4 Å². The number of nitrogens with zero attached hydrogens (tertiary/aromatic N) is 2. The van der Waals surface area contributed by atoms with Crippen molar-refractivity contribution >= 4 is 16.3 Å². The number of imidazole rings is 2. The molecule has 0 unspecified atom stereocenters. The van der Waals surface area contributed by atoms with Gasteiger partial charge in [0.1, 0.15) is 0 Å². The zero-order valence-electron chi connectivity index (χ0n) is 9.15. The summed E-state index contributed by atoms with van der Waals surface area (Å²) in [5.41, 5.74) is 8.74. The molecule has 0 aromatic carbocycles. The second kappa shape index (κ2) is 3.57. The summed E-state index contributed by atoms with van der Waals surface area (Å²) in [4.78, 5) is 22.0. The third-order valence-corrected chi connectivity index (χ3v) is 3.48. The van der Waals surface area contributed by atoms with Crippen molar-refractivity contribution in [2.24, 2.45) is 5.73 Å². The van der Waals surface area contributed by atoms with Gasteiger partial charge in [-0.15, -0.1) is 11.3 Å². The number of H-pyrrole nitrogens is 2. The van der Waals surface area contributed by atoms with Crippen molar-refractivity contribution < 1.29 is 0 Å². The first-order chi connectivity index (χ1) is 8.19. The minimum atomic E-state index is -0.198. The number of aromatic nitrogens is 4. The quantitative estimate of drug-likeness (QED) is 0.628. The van der Waals surface area contributed by atoms with E-state index in [0.29, 0.717) is 6.54 Å². The number of thiazole rings is 1. The summed E-state index contributed by atoms with van der Waals surface area (Å²) in [6, 6.07) is 0. The molecule has 17 heavy (non-hydrogen) atoms. The highest BCUT2D eigenvalue weighted by molar-refractivity contribution is 7.15. The van der Waals surface area contributed by atoms with Gasteiger partial charge >= 0.3 is 5.69 Å². The van der Waals surface area contributed by atoms with Gasteiger partial charge < -0.3 is 15.7 Å². The van der Waals surface area contributed by atoms with Crippen LogP contribution in [0.3, 0.4) is 0 Å². The minimum Gasteiger partial charge on any atom is -0.325 e. The monoisotopic (exact) mass is 249 g/mol. The third kappa shape index (κ3) is 1.51. The van der Waals surface area contributed by atoms with E-state index < -0.39 is 0 Å². The summed E-state index contributed by atoms with van der Waals surface area (Å²) in [7, 11) is 0. The number of nitrogens with one attached hydrogen (secondary N) is 2. The van der Waals surface area contributed by atoms with Crippen molar-refractivity contribution in [1.29, 1.82) is 0 Å². The Morgan fingerprint density at radius 1 is 1.53 bits per heavy atom. The van der Waals surface area contributed by atoms with E-state index in [4.69, 9.17) is 5.73 Å². The van der Waals surface area contributed by atoms with Crippen LogP contribution in [-0.4, -0.2) is 19.4 Å². The highest BCUT2D eigenvalue weighted by Gasteiger charge is 2.13. The van der Waals surface area contributed by atoms with Crippen LogP contribution in [0.2, 0.25) is 0 Å². The lowest BCUT2D eigenvalue weighted by atomic mass is 10.3. The van der Waals surface area contributed by atoms with E-state index in [1.807, 2.05) is 22.9 Å². The Balaban J connectivity index is 2.26. The molecule has 0 atom stereocenters. The Labute approximate surface area is 100 Å². The van der Waals surface area contributed by atoms with Crippen molar-refractivity contribution in [3.05, 3.63) is 33.4 Å². The molecular weight excluding hydrogens is 238 g/mol. The molecule has 0 bridgehead atoms. The maximum Gasteiger partial charge on any atom is 0.323 e. The lowest BCUT2D eigenvalue weighted by Crippen LogP contribution is -2.00. The number of aromatic amines is 2. The lowest BCUT2D eigenvalue weighted by molar-refractivity contribution is 1.02. The molecule has 0 aliphatic heterocycles. The van der Waals surface area contributed by atoms with Gasteiger partial charge in [-0.1, -0.05) is 0 Å². The topological polar surface area (TPSA) is 92.0 Å². The Morgan fingerprint density at radius 3 is 3.00 bits per heavy atom. The molecule has 3 aromatic rings. The van der Waals surface area contributed by atoms with Crippen molar-refractivity contribution in [1.82, 2.24) is 19.4 Å². The van der Waals surface area contributed by atoms with Crippen LogP contribution in [0.1, 0.15) is 11.4 Å². The van der Waals surface area contributed by atoms with E-state index in [-0.39, 0.29) is 5.69 Å². The van der Waals surface area contributed by atoms with Gasteiger partial charge in [0.2, 0.25) is 0 Å².